The third-order valence-corrected chi connectivity index (χ3v) is 6.28. The van der Waals surface area contributed by atoms with Gasteiger partial charge in [0.15, 0.2) is 15.5 Å². The maximum Gasteiger partial charge on any atom is 0.288 e. The van der Waals surface area contributed by atoms with Crippen molar-refractivity contribution in [2.75, 3.05) is 24.6 Å². The molecular formula is C18H19N5O3S. The molecule has 0 saturated carbocycles. The van der Waals surface area contributed by atoms with Crippen molar-refractivity contribution < 1.29 is 13.2 Å². The number of nitrogens with zero attached hydrogens (tertiary/aromatic N) is 4. The molecule has 1 aromatic carbocycles. The van der Waals surface area contributed by atoms with E-state index in [1.807, 2.05) is 36.4 Å². The highest BCUT2D eigenvalue weighted by atomic mass is 32.2. The molecule has 1 saturated heterocycles. The lowest BCUT2D eigenvalue weighted by molar-refractivity contribution is 0.0990. The molecule has 0 radical (unpaired) electrons. The smallest absolute Gasteiger partial charge is 0.288 e. The van der Waals surface area contributed by atoms with Crippen LogP contribution in [0.2, 0.25) is 0 Å². The number of hydrogen-bond acceptors (Lipinski definition) is 6. The van der Waals surface area contributed by atoms with Gasteiger partial charge in [-0.05, 0) is 17.7 Å². The summed E-state index contributed by atoms with van der Waals surface area (Å²) in [6, 6.07) is 13.5. The molecule has 27 heavy (non-hydrogen) atoms. The molecule has 0 spiro atoms. The molecule has 3 heterocycles. The van der Waals surface area contributed by atoms with Gasteiger partial charge in [-0.25, -0.2) is 17.9 Å². The van der Waals surface area contributed by atoms with E-state index >= 15 is 0 Å². The van der Waals surface area contributed by atoms with Crippen molar-refractivity contribution >= 4 is 21.4 Å². The summed E-state index contributed by atoms with van der Waals surface area (Å²) in [7, 11) is -2.87. The van der Waals surface area contributed by atoms with Crippen LogP contribution in [0.15, 0.2) is 42.5 Å². The highest BCUT2D eigenvalue weighted by Crippen LogP contribution is 2.21. The van der Waals surface area contributed by atoms with E-state index < -0.39 is 15.7 Å². The number of hydrogen-bond donors (Lipinski definition) is 1. The van der Waals surface area contributed by atoms with Gasteiger partial charge in [0.05, 0.1) is 17.2 Å². The van der Waals surface area contributed by atoms with E-state index in [-0.39, 0.29) is 17.3 Å². The summed E-state index contributed by atoms with van der Waals surface area (Å²) in [5.41, 5.74) is 8.69. The van der Waals surface area contributed by atoms with Gasteiger partial charge in [0, 0.05) is 25.2 Å². The molecule has 1 aliphatic rings. The Bertz CT molecular complexity index is 1090. The summed E-state index contributed by atoms with van der Waals surface area (Å²) in [5.74, 6) is -0.231. The minimum absolute atomic E-state index is 0.0147. The van der Waals surface area contributed by atoms with Crippen molar-refractivity contribution in [2.45, 2.75) is 6.54 Å². The molecule has 2 N–H and O–H groups in total. The Morgan fingerprint density at radius 1 is 1.07 bits per heavy atom. The first kappa shape index (κ1) is 17.6. The molecule has 1 aliphatic heterocycles. The van der Waals surface area contributed by atoms with Crippen molar-refractivity contribution in [3.05, 3.63) is 53.9 Å². The molecule has 0 atom stereocenters. The van der Waals surface area contributed by atoms with E-state index in [4.69, 9.17) is 5.73 Å². The highest BCUT2D eigenvalue weighted by molar-refractivity contribution is 7.91. The number of fused-ring (bicyclic) bond motifs is 1. The second kappa shape index (κ2) is 6.75. The zero-order chi connectivity index (χ0) is 19.0. The van der Waals surface area contributed by atoms with Gasteiger partial charge in [-0.15, -0.1) is 5.10 Å². The van der Waals surface area contributed by atoms with Gasteiger partial charge in [-0.2, -0.15) is 0 Å². The third kappa shape index (κ3) is 3.69. The van der Waals surface area contributed by atoms with Crippen LogP contribution in [0.4, 0.5) is 0 Å². The summed E-state index contributed by atoms with van der Waals surface area (Å²) >= 11 is 0. The van der Waals surface area contributed by atoms with Crippen LogP contribution in [0.3, 0.4) is 0 Å². The van der Waals surface area contributed by atoms with Crippen LogP contribution in [-0.4, -0.2) is 58.4 Å². The number of amides is 1. The topological polar surface area (TPSA) is 111 Å². The molecule has 8 nitrogen and oxygen atoms in total. The standard InChI is InChI=1S/C18H19N5O3S/c19-17(24)18-20-16-3-1-2-15(23(16)21-18)14-6-4-13(5-7-14)12-22-8-10-27(25,26)11-9-22/h1-7H,8-12H2,(H2,19,24). The lowest BCUT2D eigenvalue weighted by Crippen LogP contribution is -2.39. The minimum Gasteiger partial charge on any atom is -0.363 e. The molecule has 1 fully saturated rings. The Morgan fingerprint density at radius 3 is 2.44 bits per heavy atom. The fourth-order valence-electron chi connectivity index (χ4n) is 3.18. The molecule has 0 aliphatic carbocycles. The summed E-state index contributed by atoms with van der Waals surface area (Å²) in [6.07, 6.45) is 0. The molecule has 0 bridgehead atoms. The third-order valence-electron chi connectivity index (χ3n) is 4.67. The van der Waals surface area contributed by atoms with E-state index in [1.54, 1.807) is 10.6 Å². The summed E-state index contributed by atoms with van der Waals surface area (Å²) in [5, 5.41) is 4.18. The van der Waals surface area contributed by atoms with Gasteiger partial charge < -0.3 is 5.73 Å². The van der Waals surface area contributed by atoms with Gasteiger partial charge in [-0.1, -0.05) is 30.3 Å². The summed E-state index contributed by atoms with van der Waals surface area (Å²) < 4.78 is 24.7. The Balaban J connectivity index is 1.56. The lowest BCUT2D eigenvalue weighted by atomic mass is 10.1. The summed E-state index contributed by atoms with van der Waals surface area (Å²) in [4.78, 5) is 17.6. The monoisotopic (exact) mass is 385 g/mol. The molecule has 1 amide bonds. The number of nitrogens with two attached hydrogens (primary N) is 1. The SMILES string of the molecule is NC(=O)c1nc2cccc(-c3ccc(CN4CCS(=O)(=O)CC4)cc3)n2n1. The Labute approximate surface area is 156 Å². The number of benzene rings is 1. The minimum atomic E-state index is -2.87. The van der Waals surface area contributed by atoms with Crippen LogP contribution in [0.5, 0.6) is 0 Å². The molecule has 9 heteroatoms. The van der Waals surface area contributed by atoms with Crippen molar-refractivity contribution in [1.29, 1.82) is 0 Å². The second-order valence-corrected chi connectivity index (χ2v) is 8.91. The van der Waals surface area contributed by atoms with Gasteiger partial charge in [-0.3, -0.25) is 9.69 Å². The van der Waals surface area contributed by atoms with Crippen molar-refractivity contribution in [2.24, 2.45) is 5.73 Å². The van der Waals surface area contributed by atoms with E-state index in [2.05, 4.69) is 15.0 Å². The number of carbonyl (C=O) groups is 1. The number of rotatable bonds is 4. The average Bonchev–Trinajstić information content (AvgIpc) is 3.09. The number of pyridine rings is 1. The maximum absolute atomic E-state index is 11.5. The largest absolute Gasteiger partial charge is 0.363 e. The van der Waals surface area contributed by atoms with E-state index in [0.29, 0.717) is 18.7 Å². The normalized spacial score (nSPS) is 17.2. The average molecular weight is 385 g/mol. The van der Waals surface area contributed by atoms with Crippen LogP contribution in [-0.2, 0) is 16.4 Å². The van der Waals surface area contributed by atoms with Crippen LogP contribution >= 0.6 is 0 Å². The first-order chi connectivity index (χ1) is 12.9. The van der Waals surface area contributed by atoms with Crippen molar-refractivity contribution in [3.8, 4) is 11.3 Å². The summed E-state index contributed by atoms with van der Waals surface area (Å²) in [6.45, 7) is 1.85. The zero-order valence-corrected chi connectivity index (χ0v) is 15.4. The van der Waals surface area contributed by atoms with E-state index in [9.17, 15) is 13.2 Å². The Morgan fingerprint density at radius 2 is 1.78 bits per heavy atom. The van der Waals surface area contributed by atoms with Crippen LogP contribution in [0.1, 0.15) is 16.2 Å². The molecule has 3 aromatic rings. The number of sulfone groups is 1. The predicted octanol–water partition coefficient (Wildman–Crippen LogP) is 0.726. The Hall–Kier alpha value is -2.78. The molecule has 0 unspecified atom stereocenters. The van der Waals surface area contributed by atoms with Crippen LogP contribution in [0, 0.1) is 0 Å². The first-order valence-electron chi connectivity index (χ1n) is 8.59. The number of primary amides is 1. The van der Waals surface area contributed by atoms with Crippen molar-refractivity contribution in [3.63, 3.8) is 0 Å². The molecular weight excluding hydrogens is 366 g/mol. The zero-order valence-electron chi connectivity index (χ0n) is 14.6. The molecule has 4 rings (SSSR count). The second-order valence-electron chi connectivity index (χ2n) is 6.61. The number of aromatic nitrogens is 3. The van der Waals surface area contributed by atoms with Gasteiger partial charge in [0.1, 0.15) is 0 Å². The Kier molecular flexibility index (Phi) is 4.40. The lowest BCUT2D eigenvalue weighted by Gasteiger charge is -2.26. The van der Waals surface area contributed by atoms with Gasteiger partial charge in [0.2, 0.25) is 5.82 Å². The van der Waals surface area contributed by atoms with Gasteiger partial charge in [0.25, 0.3) is 5.91 Å². The molecule has 2 aromatic heterocycles. The van der Waals surface area contributed by atoms with Crippen molar-refractivity contribution in [1.82, 2.24) is 19.5 Å². The fourth-order valence-corrected chi connectivity index (χ4v) is 4.45. The van der Waals surface area contributed by atoms with Crippen LogP contribution < -0.4 is 5.73 Å². The quantitative estimate of drug-likeness (QED) is 0.709. The van der Waals surface area contributed by atoms with Gasteiger partial charge >= 0.3 is 0 Å². The maximum atomic E-state index is 11.5. The van der Waals surface area contributed by atoms with Crippen LogP contribution in [0.25, 0.3) is 16.9 Å². The highest BCUT2D eigenvalue weighted by Gasteiger charge is 2.21. The van der Waals surface area contributed by atoms with E-state index in [1.165, 1.54) is 0 Å². The first-order valence-corrected chi connectivity index (χ1v) is 10.4. The predicted molar refractivity (Wildman–Crippen MR) is 101 cm³/mol. The molecule has 140 valence electrons. The fraction of sp³-hybridized carbons (Fsp3) is 0.278. The van der Waals surface area contributed by atoms with E-state index in [0.717, 1.165) is 23.4 Å². The number of carbonyl (C=O) groups excluding carboxylic acids is 1.